The van der Waals surface area contributed by atoms with Gasteiger partial charge < -0.3 is 14.8 Å². The zero-order chi connectivity index (χ0) is 21.9. The molecule has 0 aliphatic carbocycles. The number of rotatable bonds is 6. The maximum absolute atomic E-state index is 6.41. The van der Waals surface area contributed by atoms with Crippen LogP contribution in [0.25, 0.3) is 11.1 Å². The van der Waals surface area contributed by atoms with Gasteiger partial charge in [-0.15, -0.1) is 0 Å². The molecule has 2 aromatic carbocycles. The Balaban J connectivity index is 1.76. The van der Waals surface area contributed by atoms with Crippen molar-refractivity contribution < 1.29 is 9.47 Å². The highest BCUT2D eigenvalue weighted by atomic mass is 32.2. The molecule has 1 unspecified atom stereocenters. The highest BCUT2D eigenvalue weighted by molar-refractivity contribution is 7.99. The summed E-state index contributed by atoms with van der Waals surface area (Å²) < 4.78 is 12.7. The smallest absolute Gasteiger partial charge is 0.169 e. The third-order valence-electron chi connectivity index (χ3n) is 6.43. The molecule has 5 rings (SSSR count). The largest absolute Gasteiger partial charge is 0.490 e. The molecule has 0 radical (unpaired) electrons. The number of ether oxygens (including phenoxy) is 2. The van der Waals surface area contributed by atoms with E-state index in [4.69, 9.17) is 9.47 Å². The molecular weight excluding hydrogens is 416 g/mol. The molecule has 3 heterocycles. The maximum Gasteiger partial charge on any atom is 0.169 e. The summed E-state index contributed by atoms with van der Waals surface area (Å²) in [6, 6.07) is 15.3. The molecule has 1 aromatic heterocycles. The van der Waals surface area contributed by atoms with Crippen molar-refractivity contribution in [3.63, 3.8) is 0 Å². The molecule has 1 fully saturated rings. The van der Waals surface area contributed by atoms with Gasteiger partial charge in [0, 0.05) is 44.8 Å². The number of hydrogen-bond donors (Lipinski definition) is 1. The quantitative estimate of drug-likeness (QED) is 0.492. The van der Waals surface area contributed by atoms with E-state index in [0.29, 0.717) is 25.0 Å². The van der Waals surface area contributed by atoms with Crippen LogP contribution in [0.1, 0.15) is 43.7 Å². The average molecular weight is 447 g/mol. The van der Waals surface area contributed by atoms with E-state index < -0.39 is 0 Å². The second-order valence-electron chi connectivity index (χ2n) is 8.31. The van der Waals surface area contributed by atoms with Crippen LogP contribution >= 0.6 is 11.8 Å². The number of aromatic nitrogens is 1. The molecule has 2 aliphatic heterocycles. The number of pyridine rings is 1. The Morgan fingerprint density at radius 3 is 2.50 bits per heavy atom. The zero-order valence-corrected chi connectivity index (χ0v) is 19.6. The lowest BCUT2D eigenvalue weighted by atomic mass is 9.75. The average Bonchev–Trinajstić information content (AvgIpc) is 2.85. The molecule has 1 saturated heterocycles. The van der Waals surface area contributed by atoms with Crippen molar-refractivity contribution in [1.82, 2.24) is 10.3 Å². The Morgan fingerprint density at radius 1 is 0.969 bits per heavy atom. The van der Waals surface area contributed by atoms with Gasteiger partial charge in [-0.05, 0) is 69.5 Å². The maximum atomic E-state index is 6.41. The molecule has 4 nitrogen and oxygen atoms in total. The normalized spacial score (nSPS) is 18.0. The Morgan fingerprint density at radius 2 is 1.75 bits per heavy atom. The monoisotopic (exact) mass is 446 g/mol. The fraction of sp³-hybridized carbons (Fsp3) is 0.370. The van der Waals surface area contributed by atoms with E-state index in [0.717, 1.165) is 35.7 Å². The molecule has 1 atom stereocenters. The molecule has 0 spiro atoms. The van der Waals surface area contributed by atoms with Crippen molar-refractivity contribution in [3.8, 4) is 22.6 Å². The summed E-state index contributed by atoms with van der Waals surface area (Å²) in [6.07, 6.45) is 6.06. The molecule has 2 aliphatic rings. The molecule has 3 aromatic rings. The molecule has 166 valence electrons. The van der Waals surface area contributed by atoms with Gasteiger partial charge in [-0.1, -0.05) is 36.0 Å². The zero-order valence-electron chi connectivity index (χ0n) is 18.8. The molecule has 1 N–H and O–H groups in total. The van der Waals surface area contributed by atoms with Gasteiger partial charge in [0.2, 0.25) is 0 Å². The first-order valence-corrected chi connectivity index (χ1v) is 12.5. The predicted molar refractivity (Wildman–Crippen MR) is 130 cm³/mol. The first kappa shape index (κ1) is 21.4. The standard InChI is InChI=1S/C27H30N2O2S/c1-3-30-26-21(19-8-7-13-29-17-19)16-23-25(27(26)31-4-2)24(18-11-14-28-15-12-18)20-9-5-6-10-22(20)32-23/h5-10,13,16-18,24,28H,3-4,11-12,14-15H2,1-2H3. The first-order valence-electron chi connectivity index (χ1n) is 11.7. The third-order valence-corrected chi connectivity index (χ3v) is 7.58. The molecule has 0 amide bonds. The van der Waals surface area contributed by atoms with Gasteiger partial charge in [0.1, 0.15) is 0 Å². The molecule has 32 heavy (non-hydrogen) atoms. The van der Waals surface area contributed by atoms with Crippen LogP contribution in [0, 0.1) is 5.92 Å². The van der Waals surface area contributed by atoms with Gasteiger partial charge >= 0.3 is 0 Å². The van der Waals surface area contributed by atoms with Gasteiger partial charge in [0.15, 0.2) is 11.5 Å². The summed E-state index contributed by atoms with van der Waals surface area (Å²) in [5.74, 6) is 2.65. The molecular formula is C27H30N2O2S. The summed E-state index contributed by atoms with van der Waals surface area (Å²) in [7, 11) is 0. The van der Waals surface area contributed by atoms with Crippen molar-refractivity contribution in [2.75, 3.05) is 26.3 Å². The fourth-order valence-corrected chi connectivity index (χ4v) is 6.30. The topological polar surface area (TPSA) is 43.4 Å². The fourth-order valence-electron chi connectivity index (χ4n) is 5.09. The number of nitrogens with one attached hydrogen (secondary N) is 1. The summed E-state index contributed by atoms with van der Waals surface area (Å²) in [5, 5.41) is 3.54. The minimum absolute atomic E-state index is 0.313. The SMILES string of the molecule is CCOc1c(-c2cccnc2)cc2c(c1OCC)C(C1CCNCC1)c1ccccc1S2. The lowest BCUT2D eigenvalue weighted by Gasteiger charge is -2.37. The van der Waals surface area contributed by atoms with Gasteiger partial charge in [-0.25, -0.2) is 0 Å². The highest BCUT2D eigenvalue weighted by Crippen LogP contribution is 2.57. The Kier molecular flexibility index (Phi) is 6.37. The van der Waals surface area contributed by atoms with Crippen LogP contribution in [-0.4, -0.2) is 31.3 Å². The summed E-state index contributed by atoms with van der Waals surface area (Å²) >= 11 is 1.85. The van der Waals surface area contributed by atoms with Crippen molar-refractivity contribution in [2.45, 2.75) is 42.4 Å². The van der Waals surface area contributed by atoms with E-state index >= 15 is 0 Å². The van der Waals surface area contributed by atoms with E-state index in [1.165, 1.54) is 33.8 Å². The summed E-state index contributed by atoms with van der Waals surface area (Å²) in [6.45, 7) is 7.44. The van der Waals surface area contributed by atoms with Gasteiger partial charge in [-0.3, -0.25) is 4.98 Å². The third kappa shape index (κ3) is 3.89. The lowest BCUT2D eigenvalue weighted by Crippen LogP contribution is -2.32. The van der Waals surface area contributed by atoms with Crippen LogP contribution in [-0.2, 0) is 0 Å². The second kappa shape index (κ2) is 9.55. The van der Waals surface area contributed by atoms with Crippen molar-refractivity contribution in [3.05, 3.63) is 66.0 Å². The number of benzene rings is 2. The van der Waals surface area contributed by atoms with E-state index in [1.54, 1.807) is 0 Å². The number of nitrogens with zero attached hydrogens (tertiary/aromatic N) is 1. The Hall–Kier alpha value is -2.50. The van der Waals surface area contributed by atoms with E-state index in [-0.39, 0.29) is 0 Å². The van der Waals surface area contributed by atoms with E-state index in [1.807, 2.05) is 37.1 Å². The second-order valence-corrected chi connectivity index (χ2v) is 9.39. The van der Waals surface area contributed by atoms with Crippen molar-refractivity contribution in [1.29, 1.82) is 0 Å². The van der Waals surface area contributed by atoms with Crippen molar-refractivity contribution >= 4 is 11.8 Å². The van der Waals surface area contributed by atoms with Crippen molar-refractivity contribution in [2.24, 2.45) is 5.92 Å². The van der Waals surface area contributed by atoms with E-state index in [9.17, 15) is 0 Å². The van der Waals surface area contributed by atoms with Gasteiger partial charge in [0.05, 0.1) is 13.2 Å². The Labute approximate surface area is 194 Å². The minimum Gasteiger partial charge on any atom is -0.490 e. The van der Waals surface area contributed by atoms with Crippen LogP contribution in [0.2, 0.25) is 0 Å². The van der Waals surface area contributed by atoms with E-state index in [2.05, 4.69) is 53.6 Å². The van der Waals surface area contributed by atoms with Crippen LogP contribution < -0.4 is 14.8 Å². The number of hydrogen-bond acceptors (Lipinski definition) is 5. The minimum atomic E-state index is 0.313. The summed E-state index contributed by atoms with van der Waals surface area (Å²) in [5.41, 5.74) is 4.84. The lowest BCUT2D eigenvalue weighted by molar-refractivity contribution is 0.276. The molecule has 5 heteroatoms. The van der Waals surface area contributed by atoms with Gasteiger partial charge in [-0.2, -0.15) is 0 Å². The van der Waals surface area contributed by atoms with Crippen LogP contribution in [0.5, 0.6) is 11.5 Å². The first-order chi connectivity index (χ1) is 15.8. The van der Waals surface area contributed by atoms with Crippen LogP contribution in [0.4, 0.5) is 0 Å². The highest BCUT2D eigenvalue weighted by Gasteiger charge is 2.37. The molecule has 0 bridgehead atoms. The van der Waals surface area contributed by atoms with Gasteiger partial charge in [0.25, 0.3) is 0 Å². The number of piperidine rings is 1. The van der Waals surface area contributed by atoms with Crippen LogP contribution in [0.3, 0.4) is 0 Å². The summed E-state index contributed by atoms with van der Waals surface area (Å²) in [4.78, 5) is 6.99. The predicted octanol–water partition coefficient (Wildman–Crippen LogP) is 6.14. The Bertz CT molecular complexity index is 1080. The number of fused-ring (bicyclic) bond motifs is 2. The van der Waals surface area contributed by atoms with Crippen LogP contribution in [0.15, 0.2) is 64.6 Å². The molecule has 0 saturated carbocycles.